The van der Waals surface area contributed by atoms with Crippen LogP contribution in [-0.2, 0) is 14.3 Å². The summed E-state index contributed by atoms with van der Waals surface area (Å²) in [6.07, 6.45) is 3.44. The molecule has 0 aromatic heterocycles. The lowest BCUT2D eigenvalue weighted by Gasteiger charge is -2.50. The molecule has 0 spiro atoms. The molecule has 2 fully saturated rings. The van der Waals surface area contributed by atoms with Crippen molar-refractivity contribution in [2.24, 2.45) is 11.0 Å². The minimum Gasteiger partial charge on any atom is -0.376 e. The van der Waals surface area contributed by atoms with Crippen LogP contribution in [0.5, 0.6) is 0 Å². The third kappa shape index (κ3) is 3.01. The maximum absolute atomic E-state index is 12.2. The number of nitrogens with zero attached hydrogens (tertiary/aromatic N) is 2. The summed E-state index contributed by atoms with van der Waals surface area (Å²) in [5.74, 6) is 0.452. The van der Waals surface area contributed by atoms with Crippen LogP contribution in [0.1, 0.15) is 32.1 Å². The van der Waals surface area contributed by atoms with E-state index in [1.165, 1.54) is 0 Å². The van der Waals surface area contributed by atoms with E-state index in [4.69, 9.17) is 4.74 Å². The smallest absolute Gasteiger partial charge is 0.240 e. The Bertz CT molecular complexity index is 491. The van der Waals surface area contributed by atoms with Crippen LogP contribution in [0.3, 0.4) is 0 Å². The van der Waals surface area contributed by atoms with Gasteiger partial charge >= 0.3 is 0 Å². The minimum absolute atomic E-state index is 0.0521. The summed E-state index contributed by atoms with van der Waals surface area (Å²) in [5, 5.41) is 7.17. The average molecular weight is 308 g/mol. The molecule has 7 nitrogen and oxygen atoms in total. The molecule has 0 aromatic rings. The van der Waals surface area contributed by atoms with Crippen LogP contribution in [0.25, 0.3) is 0 Å². The largest absolute Gasteiger partial charge is 0.376 e. The number of nitrogens with one attached hydrogen (secondary N) is 2. The summed E-state index contributed by atoms with van der Waals surface area (Å²) in [4.78, 5) is 25.4. The van der Waals surface area contributed by atoms with E-state index in [2.05, 4.69) is 20.7 Å². The van der Waals surface area contributed by atoms with Crippen LogP contribution in [0, 0.1) is 5.92 Å². The van der Waals surface area contributed by atoms with Crippen molar-refractivity contribution in [2.45, 2.75) is 50.3 Å². The van der Waals surface area contributed by atoms with Gasteiger partial charge in [-0.1, -0.05) is 0 Å². The first-order chi connectivity index (χ1) is 10.6. The molecule has 1 saturated heterocycles. The van der Waals surface area contributed by atoms with Crippen molar-refractivity contribution in [2.75, 3.05) is 20.7 Å². The first-order valence-corrected chi connectivity index (χ1v) is 7.98. The molecule has 22 heavy (non-hydrogen) atoms. The van der Waals surface area contributed by atoms with Crippen molar-refractivity contribution in [3.05, 3.63) is 0 Å². The Morgan fingerprint density at radius 1 is 1.45 bits per heavy atom. The summed E-state index contributed by atoms with van der Waals surface area (Å²) < 4.78 is 5.75. The van der Waals surface area contributed by atoms with Crippen molar-refractivity contribution < 1.29 is 14.3 Å². The van der Waals surface area contributed by atoms with Crippen LogP contribution in [-0.4, -0.2) is 61.3 Å². The number of hydrogen-bond donors (Lipinski definition) is 2. The summed E-state index contributed by atoms with van der Waals surface area (Å²) in [7, 11) is 4.06. The predicted octanol–water partition coefficient (Wildman–Crippen LogP) is -0.134. The third-order valence-corrected chi connectivity index (χ3v) is 4.89. The zero-order valence-corrected chi connectivity index (χ0v) is 13.2. The summed E-state index contributed by atoms with van der Waals surface area (Å²) >= 11 is 0. The van der Waals surface area contributed by atoms with E-state index in [0.717, 1.165) is 18.7 Å². The summed E-state index contributed by atoms with van der Waals surface area (Å²) in [5.41, 5.74) is 3.36. The van der Waals surface area contributed by atoms with Crippen LogP contribution >= 0.6 is 0 Å². The molecule has 3 rings (SSSR count). The molecule has 2 aliphatic heterocycles. The maximum Gasteiger partial charge on any atom is 0.240 e. The predicted molar refractivity (Wildman–Crippen MR) is 81.3 cm³/mol. The SMILES string of the molecule is CN(C)[C@H]1[C@H](NC(=O)CCC2=NNC(=O)CC2)[C@@H]2CCO[C@@H]21. The maximum atomic E-state index is 12.2. The van der Waals surface area contributed by atoms with Gasteiger partial charge in [-0.2, -0.15) is 5.10 Å². The van der Waals surface area contributed by atoms with E-state index in [9.17, 15) is 9.59 Å². The second-order valence-electron chi connectivity index (χ2n) is 6.55. The molecule has 1 saturated carbocycles. The number of rotatable bonds is 5. The second kappa shape index (κ2) is 6.34. The molecule has 2 amide bonds. The number of likely N-dealkylation sites (N-methyl/N-ethyl adjacent to an activating group) is 1. The molecule has 2 heterocycles. The van der Waals surface area contributed by atoms with Crippen molar-refractivity contribution in [3.63, 3.8) is 0 Å². The molecule has 0 unspecified atom stereocenters. The van der Waals surface area contributed by atoms with Crippen LogP contribution in [0.15, 0.2) is 5.10 Å². The monoisotopic (exact) mass is 308 g/mol. The van der Waals surface area contributed by atoms with Gasteiger partial charge in [0.25, 0.3) is 0 Å². The number of hydrogen-bond acceptors (Lipinski definition) is 5. The first-order valence-electron chi connectivity index (χ1n) is 7.98. The quantitative estimate of drug-likeness (QED) is 0.741. The van der Waals surface area contributed by atoms with E-state index >= 15 is 0 Å². The molecular weight excluding hydrogens is 284 g/mol. The van der Waals surface area contributed by atoms with Gasteiger partial charge < -0.3 is 15.0 Å². The van der Waals surface area contributed by atoms with Gasteiger partial charge in [-0.3, -0.25) is 9.59 Å². The van der Waals surface area contributed by atoms with Crippen molar-refractivity contribution in [1.29, 1.82) is 0 Å². The number of amides is 2. The van der Waals surface area contributed by atoms with Gasteiger partial charge in [-0.25, -0.2) is 5.43 Å². The Kier molecular flexibility index (Phi) is 4.44. The Morgan fingerprint density at radius 2 is 2.27 bits per heavy atom. The van der Waals surface area contributed by atoms with Crippen LogP contribution in [0.2, 0.25) is 0 Å². The Labute approximate surface area is 130 Å². The summed E-state index contributed by atoms with van der Waals surface area (Å²) in [6.45, 7) is 0.794. The molecule has 4 atom stereocenters. The molecule has 2 N–H and O–H groups in total. The highest BCUT2D eigenvalue weighted by molar-refractivity contribution is 5.94. The molecule has 122 valence electrons. The average Bonchev–Trinajstić information content (AvgIpc) is 2.87. The van der Waals surface area contributed by atoms with Crippen molar-refractivity contribution in [1.82, 2.24) is 15.6 Å². The fraction of sp³-hybridized carbons (Fsp3) is 0.800. The topological polar surface area (TPSA) is 83.0 Å². The summed E-state index contributed by atoms with van der Waals surface area (Å²) in [6, 6.07) is 0.450. The Morgan fingerprint density at radius 3 is 2.95 bits per heavy atom. The number of carbonyl (C=O) groups is 2. The van der Waals surface area contributed by atoms with E-state index in [0.29, 0.717) is 31.6 Å². The van der Waals surface area contributed by atoms with Gasteiger partial charge in [0.2, 0.25) is 11.8 Å². The minimum atomic E-state index is -0.0521. The third-order valence-electron chi connectivity index (χ3n) is 4.89. The number of fused-ring (bicyclic) bond motifs is 1. The van der Waals surface area contributed by atoms with E-state index in [1.807, 2.05) is 14.1 Å². The lowest BCUT2D eigenvalue weighted by molar-refractivity contribution is -0.127. The highest BCUT2D eigenvalue weighted by atomic mass is 16.5. The molecule has 0 radical (unpaired) electrons. The van der Waals surface area contributed by atoms with Gasteiger partial charge in [0.05, 0.1) is 18.2 Å². The highest BCUT2D eigenvalue weighted by Gasteiger charge is 2.55. The lowest BCUT2D eigenvalue weighted by atomic mass is 9.71. The number of hydrazone groups is 1. The van der Waals surface area contributed by atoms with Gasteiger partial charge in [0.1, 0.15) is 0 Å². The van der Waals surface area contributed by atoms with Gasteiger partial charge in [-0.05, 0) is 33.4 Å². The van der Waals surface area contributed by atoms with Crippen molar-refractivity contribution in [3.8, 4) is 0 Å². The highest BCUT2D eigenvalue weighted by Crippen LogP contribution is 2.41. The number of ether oxygens (including phenoxy) is 1. The Hall–Kier alpha value is -1.47. The standard InChI is InChI=1S/C15H24N4O3/c1-19(2)14-13(10-7-8-22-15(10)14)16-11(20)5-3-9-4-6-12(21)18-17-9/h10,13-15H,3-8H2,1-2H3,(H,16,20)(H,18,21)/t10-,13+,14-,15-/m0/s1. The number of carbonyl (C=O) groups excluding carboxylic acids is 2. The van der Waals surface area contributed by atoms with Crippen molar-refractivity contribution >= 4 is 17.5 Å². The molecular formula is C15H24N4O3. The molecule has 0 bridgehead atoms. The van der Waals surface area contributed by atoms with Crippen LogP contribution < -0.4 is 10.7 Å². The van der Waals surface area contributed by atoms with E-state index in [-0.39, 0.29) is 30.0 Å². The molecule has 0 aromatic carbocycles. The molecule has 3 aliphatic rings. The van der Waals surface area contributed by atoms with E-state index in [1.54, 1.807) is 0 Å². The molecule has 1 aliphatic carbocycles. The fourth-order valence-electron chi connectivity index (χ4n) is 3.69. The fourth-order valence-corrected chi connectivity index (χ4v) is 3.69. The van der Waals surface area contributed by atoms with Gasteiger partial charge in [0.15, 0.2) is 0 Å². The van der Waals surface area contributed by atoms with Gasteiger partial charge in [-0.15, -0.1) is 0 Å². The van der Waals surface area contributed by atoms with E-state index < -0.39 is 0 Å². The molecule has 7 heteroatoms. The normalized spacial score (nSPS) is 33.8. The zero-order valence-electron chi connectivity index (χ0n) is 13.2. The first kappa shape index (κ1) is 15.4. The Balaban J connectivity index is 1.48. The lowest BCUT2D eigenvalue weighted by Crippen LogP contribution is -2.69. The van der Waals surface area contributed by atoms with Crippen LogP contribution in [0.4, 0.5) is 0 Å². The zero-order chi connectivity index (χ0) is 15.7. The second-order valence-corrected chi connectivity index (χ2v) is 6.55. The van der Waals surface area contributed by atoms with Gasteiger partial charge in [0, 0.05) is 31.1 Å².